The number of benzene rings is 1. The molecule has 3 nitrogen and oxygen atoms in total. The van der Waals surface area contributed by atoms with Gasteiger partial charge in [-0.25, -0.2) is 0 Å². The molecule has 1 aliphatic rings. The largest absolute Gasteiger partial charge is 0.389 e. The Morgan fingerprint density at radius 1 is 1.42 bits per heavy atom. The zero-order chi connectivity index (χ0) is 14.2. The molecule has 2 rings (SSSR count). The lowest BCUT2D eigenvalue weighted by Crippen LogP contribution is -2.40. The second kappa shape index (κ2) is 5.06. The van der Waals surface area contributed by atoms with Gasteiger partial charge in [-0.05, 0) is 45.7 Å². The Kier molecular flexibility index (Phi) is 3.79. The average molecular weight is 261 g/mol. The predicted octanol–water partition coefficient (Wildman–Crippen LogP) is 2.33. The Labute approximate surface area is 115 Å². The van der Waals surface area contributed by atoms with E-state index in [0.29, 0.717) is 6.54 Å². The van der Waals surface area contributed by atoms with Gasteiger partial charge in [0.2, 0.25) is 0 Å². The van der Waals surface area contributed by atoms with Crippen molar-refractivity contribution in [3.05, 3.63) is 34.9 Å². The summed E-state index contributed by atoms with van der Waals surface area (Å²) in [5, 5.41) is 10.0. The van der Waals surface area contributed by atoms with E-state index in [-0.39, 0.29) is 11.8 Å². The van der Waals surface area contributed by atoms with Gasteiger partial charge in [0.05, 0.1) is 11.6 Å². The first-order chi connectivity index (χ1) is 8.80. The van der Waals surface area contributed by atoms with Gasteiger partial charge in [-0.15, -0.1) is 0 Å². The topological polar surface area (TPSA) is 40.5 Å². The number of β-amino-alcohol motifs (C(OH)–C–C–N with tert-alkyl or cyclic N) is 1. The minimum Gasteiger partial charge on any atom is -0.389 e. The van der Waals surface area contributed by atoms with E-state index in [1.54, 1.807) is 0 Å². The first-order valence-electron chi connectivity index (χ1n) is 6.88. The second-order valence-electron chi connectivity index (χ2n) is 6.08. The minimum atomic E-state index is -0.657. The highest BCUT2D eigenvalue weighted by Crippen LogP contribution is 2.24. The maximum Gasteiger partial charge on any atom is 0.179 e. The van der Waals surface area contributed by atoms with Crippen LogP contribution in [0.25, 0.3) is 0 Å². The van der Waals surface area contributed by atoms with Crippen LogP contribution in [-0.2, 0) is 0 Å². The Balaban J connectivity index is 2.18. The zero-order valence-electron chi connectivity index (χ0n) is 12.2. The first-order valence-corrected chi connectivity index (χ1v) is 6.88. The molecule has 1 N–H and O–H groups in total. The number of Topliss-reactive ketones (excluding diaryl/α,β-unsaturated/α-hetero) is 1. The van der Waals surface area contributed by atoms with Gasteiger partial charge in [0.1, 0.15) is 0 Å². The van der Waals surface area contributed by atoms with E-state index in [2.05, 4.69) is 4.90 Å². The van der Waals surface area contributed by atoms with Gasteiger partial charge >= 0.3 is 0 Å². The molecular formula is C16H23NO2. The molecule has 19 heavy (non-hydrogen) atoms. The summed E-state index contributed by atoms with van der Waals surface area (Å²) in [6.07, 6.45) is 0.734. The van der Waals surface area contributed by atoms with Crippen molar-refractivity contribution in [3.8, 4) is 0 Å². The summed E-state index contributed by atoms with van der Waals surface area (Å²) < 4.78 is 0. The normalized spacial score (nSPS) is 25.5. The van der Waals surface area contributed by atoms with E-state index in [1.807, 2.05) is 45.9 Å². The molecule has 0 spiro atoms. The lowest BCUT2D eigenvalue weighted by Gasteiger charge is -2.25. The van der Waals surface area contributed by atoms with Crippen molar-refractivity contribution in [3.63, 3.8) is 0 Å². The van der Waals surface area contributed by atoms with Crippen LogP contribution in [0, 0.1) is 13.8 Å². The van der Waals surface area contributed by atoms with Gasteiger partial charge in [-0.2, -0.15) is 0 Å². The number of nitrogens with zero attached hydrogens (tertiary/aromatic N) is 1. The summed E-state index contributed by atoms with van der Waals surface area (Å²) in [6.45, 7) is 9.10. The van der Waals surface area contributed by atoms with Gasteiger partial charge in [0, 0.05) is 18.7 Å². The van der Waals surface area contributed by atoms with Crippen molar-refractivity contribution >= 4 is 5.78 Å². The molecule has 104 valence electrons. The molecule has 1 heterocycles. The van der Waals surface area contributed by atoms with E-state index in [1.165, 1.54) is 0 Å². The summed E-state index contributed by atoms with van der Waals surface area (Å²) in [4.78, 5) is 14.7. The fraction of sp³-hybridized carbons (Fsp3) is 0.562. The van der Waals surface area contributed by atoms with Crippen molar-refractivity contribution in [1.82, 2.24) is 4.90 Å². The van der Waals surface area contributed by atoms with Gasteiger partial charge in [0.25, 0.3) is 0 Å². The Morgan fingerprint density at radius 3 is 2.68 bits per heavy atom. The second-order valence-corrected chi connectivity index (χ2v) is 6.08. The fourth-order valence-corrected chi connectivity index (χ4v) is 2.70. The van der Waals surface area contributed by atoms with E-state index < -0.39 is 5.60 Å². The maximum absolute atomic E-state index is 12.6. The zero-order valence-corrected chi connectivity index (χ0v) is 12.2. The minimum absolute atomic E-state index is 0.152. The molecule has 1 aliphatic heterocycles. The SMILES string of the molecule is Cc1ccc(C)c(C(=O)C(C)N2CCC(C)(O)C2)c1. The molecule has 3 heteroatoms. The Hall–Kier alpha value is -1.19. The molecule has 0 saturated carbocycles. The molecule has 1 fully saturated rings. The predicted molar refractivity (Wildman–Crippen MR) is 76.5 cm³/mol. The highest BCUT2D eigenvalue weighted by Gasteiger charge is 2.36. The van der Waals surface area contributed by atoms with Gasteiger partial charge in [0.15, 0.2) is 5.78 Å². The van der Waals surface area contributed by atoms with Gasteiger partial charge in [-0.1, -0.05) is 17.7 Å². The van der Waals surface area contributed by atoms with Crippen LogP contribution in [-0.4, -0.2) is 40.5 Å². The van der Waals surface area contributed by atoms with E-state index in [9.17, 15) is 9.90 Å². The number of rotatable bonds is 3. The van der Waals surface area contributed by atoms with E-state index in [0.717, 1.165) is 29.7 Å². The molecule has 2 unspecified atom stereocenters. The molecule has 1 aromatic rings. The van der Waals surface area contributed by atoms with Crippen LogP contribution in [0.4, 0.5) is 0 Å². The van der Waals surface area contributed by atoms with Crippen LogP contribution >= 0.6 is 0 Å². The lowest BCUT2D eigenvalue weighted by atomic mass is 9.97. The number of aryl methyl sites for hydroxylation is 2. The van der Waals surface area contributed by atoms with Crippen LogP contribution in [0.2, 0.25) is 0 Å². The molecule has 1 aromatic carbocycles. The summed E-state index contributed by atoms with van der Waals surface area (Å²) in [5.41, 5.74) is 2.28. The third kappa shape index (κ3) is 3.04. The van der Waals surface area contributed by atoms with Crippen LogP contribution in [0.5, 0.6) is 0 Å². The first kappa shape index (κ1) is 14.2. The molecule has 0 aliphatic carbocycles. The van der Waals surface area contributed by atoms with Crippen LogP contribution in [0.1, 0.15) is 41.8 Å². The third-order valence-electron chi connectivity index (χ3n) is 4.07. The van der Waals surface area contributed by atoms with Crippen molar-refractivity contribution in [2.24, 2.45) is 0 Å². The van der Waals surface area contributed by atoms with Crippen molar-refractivity contribution in [2.75, 3.05) is 13.1 Å². The molecule has 0 amide bonds. The van der Waals surface area contributed by atoms with Gasteiger partial charge in [-0.3, -0.25) is 9.69 Å². The molecule has 0 bridgehead atoms. The number of carbonyl (C=O) groups excluding carboxylic acids is 1. The standard InChI is InChI=1S/C16H23NO2/c1-11-5-6-12(2)14(9-11)15(18)13(3)17-8-7-16(4,19)10-17/h5-6,9,13,19H,7-8,10H2,1-4H3. The molecule has 2 atom stereocenters. The highest BCUT2D eigenvalue weighted by molar-refractivity contribution is 6.01. The van der Waals surface area contributed by atoms with Crippen LogP contribution in [0.15, 0.2) is 18.2 Å². The summed E-state index contributed by atoms with van der Waals surface area (Å²) in [7, 11) is 0. The molecular weight excluding hydrogens is 238 g/mol. The summed E-state index contributed by atoms with van der Waals surface area (Å²) in [6, 6.07) is 5.81. The molecule has 0 aromatic heterocycles. The quantitative estimate of drug-likeness (QED) is 0.849. The number of hydrogen-bond donors (Lipinski definition) is 1. The summed E-state index contributed by atoms with van der Waals surface area (Å²) >= 11 is 0. The Bertz CT molecular complexity index is 494. The van der Waals surface area contributed by atoms with Crippen LogP contribution in [0.3, 0.4) is 0 Å². The summed E-state index contributed by atoms with van der Waals surface area (Å²) in [5.74, 6) is 0.152. The number of likely N-dealkylation sites (tertiary alicyclic amines) is 1. The number of carbonyl (C=O) groups is 1. The van der Waals surface area contributed by atoms with E-state index >= 15 is 0 Å². The lowest BCUT2D eigenvalue weighted by molar-refractivity contribution is 0.0597. The Morgan fingerprint density at radius 2 is 2.11 bits per heavy atom. The fourth-order valence-electron chi connectivity index (χ4n) is 2.70. The van der Waals surface area contributed by atoms with Crippen molar-refractivity contribution in [1.29, 1.82) is 0 Å². The number of hydrogen-bond acceptors (Lipinski definition) is 3. The maximum atomic E-state index is 12.6. The van der Waals surface area contributed by atoms with E-state index in [4.69, 9.17) is 0 Å². The molecule has 1 saturated heterocycles. The van der Waals surface area contributed by atoms with Crippen LogP contribution < -0.4 is 0 Å². The number of aliphatic hydroxyl groups is 1. The third-order valence-corrected chi connectivity index (χ3v) is 4.07. The average Bonchev–Trinajstić information content (AvgIpc) is 2.71. The van der Waals surface area contributed by atoms with Crippen molar-refractivity contribution in [2.45, 2.75) is 45.8 Å². The monoisotopic (exact) mass is 261 g/mol. The number of ketones is 1. The van der Waals surface area contributed by atoms with Gasteiger partial charge < -0.3 is 5.11 Å². The molecule has 0 radical (unpaired) electrons. The van der Waals surface area contributed by atoms with Crippen molar-refractivity contribution < 1.29 is 9.90 Å². The smallest absolute Gasteiger partial charge is 0.179 e. The highest BCUT2D eigenvalue weighted by atomic mass is 16.3.